The van der Waals surface area contributed by atoms with Crippen LogP contribution in [0.4, 0.5) is 11.4 Å². The fourth-order valence-electron chi connectivity index (χ4n) is 4.52. The quantitative estimate of drug-likeness (QED) is 0.289. The first-order valence-electron chi connectivity index (χ1n) is 11.8. The molecule has 0 unspecified atom stereocenters. The summed E-state index contributed by atoms with van der Waals surface area (Å²) in [6.07, 6.45) is 1.63. The van der Waals surface area contributed by atoms with E-state index < -0.39 is 10.0 Å². The summed E-state index contributed by atoms with van der Waals surface area (Å²) in [5.41, 5.74) is 2.61. The number of rotatable bonds is 6. The Bertz CT molecular complexity index is 1840. The second-order valence-corrected chi connectivity index (χ2v) is 10.5. The zero-order valence-corrected chi connectivity index (χ0v) is 21.8. The van der Waals surface area contributed by atoms with Crippen LogP contribution in [0.5, 0.6) is 5.75 Å². The van der Waals surface area contributed by atoms with Crippen LogP contribution >= 0.6 is 0 Å². The Labute approximate surface area is 219 Å². The van der Waals surface area contributed by atoms with Crippen molar-refractivity contribution in [1.82, 2.24) is 4.57 Å². The van der Waals surface area contributed by atoms with Crippen LogP contribution in [-0.2, 0) is 10.0 Å². The lowest BCUT2D eigenvalue weighted by molar-refractivity contribution is 0.0941. The largest absolute Gasteiger partial charge is 0.495 e. The SMILES string of the molecule is COc1cc2ccn(C(C)=O)c2cc1NS(=O)(=O)c1ccc(NC(=O)c2ccccc2C)c2ccccc12. The first kappa shape index (κ1) is 25.0. The lowest BCUT2D eigenvalue weighted by atomic mass is 10.1. The zero-order valence-electron chi connectivity index (χ0n) is 21.0. The summed E-state index contributed by atoms with van der Waals surface area (Å²) in [5.74, 6) is -0.171. The number of anilines is 2. The van der Waals surface area contributed by atoms with E-state index in [0.29, 0.717) is 33.3 Å². The first-order valence-corrected chi connectivity index (χ1v) is 13.3. The third-order valence-corrected chi connectivity index (χ3v) is 7.83. The molecule has 9 heteroatoms. The molecule has 0 bridgehead atoms. The lowest BCUT2D eigenvalue weighted by Crippen LogP contribution is -2.16. The van der Waals surface area contributed by atoms with Crippen LogP contribution in [0.25, 0.3) is 21.7 Å². The van der Waals surface area contributed by atoms with Crippen LogP contribution in [0.3, 0.4) is 0 Å². The molecule has 0 aliphatic heterocycles. The molecule has 0 spiro atoms. The molecule has 4 aromatic carbocycles. The van der Waals surface area contributed by atoms with Gasteiger partial charge in [0.15, 0.2) is 0 Å². The van der Waals surface area contributed by atoms with Gasteiger partial charge >= 0.3 is 0 Å². The minimum Gasteiger partial charge on any atom is -0.495 e. The molecule has 1 heterocycles. The highest BCUT2D eigenvalue weighted by molar-refractivity contribution is 7.93. The monoisotopic (exact) mass is 527 g/mol. The van der Waals surface area contributed by atoms with Crippen LogP contribution < -0.4 is 14.8 Å². The Morgan fingerprint density at radius 2 is 1.58 bits per heavy atom. The molecule has 0 atom stereocenters. The average molecular weight is 528 g/mol. The number of ether oxygens (including phenoxy) is 1. The highest BCUT2D eigenvalue weighted by Crippen LogP contribution is 2.35. The third kappa shape index (κ3) is 4.48. The second-order valence-electron chi connectivity index (χ2n) is 8.85. The average Bonchev–Trinajstić information content (AvgIpc) is 3.31. The van der Waals surface area contributed by atoms with Crippen molar-refractivity contribution in [2.24, 2.45) is 0 Å². The molecule has 0 fully saturated rings. The molecule has 1 aromatic heterocycles. The number of nitrogens with zero attached hydrogens (tertiary/aromatic N) is 1. The molecule has 5 rings (SSSR count). The molecule has 8 nitrogen and oxygen atoms in total. The Hall–Kier alpha value is -4.63. The molecule has 2 N–H and O–H groups in total. The van der Waals surface area contributed by atoms with Crippen molar-refractivity contribution in [2.75, 3.05) is 17.1 Å². The maximum absolute atomic E-state index is 13.6. The van der Waals surface area contributed by atoms with Gasteiger partial charge in [-0.2, -0.15) is 0 Å². The molecule has 0 aliphatic carbocycles. The molecule has 1 amide bonds. The number of aryl methyl sites for hydroxylation is 1. The van der Waals surface area contributed by atoms with Crippen LogP contribution in [-0.4, -0.2) is 31.9 Å². The third-order valence-electron chi connectivity index (χ3n) is 6.41. The molecular formula is C29H25N3O5S. The summed E-state index contributed by atoms with van der Waals surface area (Å²) in [6, 6.07) is 22.3. The van der Waals surface area contributed by atoms with Gasteiger partial charge in [-0.1, -0.05) is 42.5 Å². The lowest BCUT2D eigenvalue weighted by Gasteiger charge is -2.16. The van der Waals surface area contributed by atoms with Crippen molar-refractivity contribution in [1.29, 1.82) is 0 Å². The minimum absolute atomic E-state index is 0.0334. The molecule has 192 valence electrons. The van der Waals surface area contributed by atoms with Crippen LogP contribution in [0.2, 0.25) is 0 Å². The van der Waals surface area contributed by atoms with Gasteiger partial charge in [0, 0.05) is 40.5 Å². The van der Waals surface area contributed by atoms with Gasteiger partial charge < -0.3 is 10.1 Å². The Kier molecular flexibility index (Phi) is 6.38. The van der Waals surface area contributed by atoms with Gasteiger partial charge in [0.2, 0.25) is 5.91 Å². The van der Waals surface area contributed by atoms with Gasteiger partial charge in [-0.15, -0.1) is 0 Å². The second kappa shape index (κ2) is 9.68. The van der Waals surface area contributed by atoms with Crippen LogP contribution in [0.1, 0.15) is 27.6 Å². The minimum atomic E-state index is -4.10. The van der Waals surface area contributed by atoms with E-state index in [1.54, 1.807) is 66.9 Å². The Morgan fingerprint density at radius 1 is 0.868 bits per heavy atom. The summed E-state index contributed by atoms with van der Waals surface area (Å²) in [6.45, 7) is 3.28. The molecule has 38 heavy (non-hydrogen) atoms. The number of hydrogen-bond acceptors (Lipinski definition) is 5. The predicted molar refractivity (Wildman–Crippen MR) is 149 cm³/mol. The Morgan fingerprint density at radius 3 is 2.29 bits per heavy atom. The standard InChI is InChI=1S/C29H25N3O5S/c1-18-8-4-5-9-21(18)29(34)30-24-12-13-28(23-11-7-6-10-22(23)24)38(35,36)31-25-17-26-20(16-27(25)37-3)14-15-32(26)19(2)33/h4-17,31H,1-3H3,(H,30,34). The van der Waals surface area contributed by atoms with Gasteiger partial charge in [0.05, 0.1) is 23.2 Å². The fraction of sp³-hybridized carbons (Fsp3) is 0.103. The number of aromatic nitrogens is 1. The Balaban J connectivity index is 1.55. The van der Waals surface area contributed by atoms with E-state index in [9.17, 15) is 18.0 Å². The van der Waals surface area contributed by atoms with Crippen molar-refractivity contribution >= 4 is 54.9 Å². The van der Waals surface area contributed by atoms with E-state index in [2.05, 4.69) is 10.0 Å². The number of amides is 1. The van der Waals surface area contributed by atoms with Crippen molar-refractivity contribution in [3.8, 4) is 5.75 Å². The van der Waals surface area contributed by atoms with Crippen molar-refractivity contribution in [3.63, 3.8) is 0 Å². The highest BCUT2D eigenvalue weighted by atomic mass is 32.2. The first-order chi connectivity index (χ1) is 18.2. The van der Waals surface area contributed by atoms with Gasteiger partial charge in [-0.25, -0.2) is 8.42 Å². The van der Waals surface area contributed by atoms with Crippen molar-refractivity contribution < 1.29 is 22.7 Å². The number of methoxy groups -OCH3 is 1. The van der Waals surface area contributed by atoms with Gasteiger partial charge in [-0.05, 0) is 48.9 Å². The number of fused-ring (bicyclic) bond motifs is 2. The van der Waals surface area contributed by atoms with Gasteiger partial charge in [0.1, 0.15) is 5.75 Å². The number of sulfonamides is 1. The van der Waals surface area contributed by atoms with E-state index in [4.69, 9.17) is 4.74 Å². The van der Waals surface area contributed by atoms with E-state index in [-0.39, 0.29) is 22.4 Å². The number of hydrogen-bond donors (Lipinski definition) is 2. The molecule has 0 radical (unpaired) electrons. The van der Waals surface area contributed by atoms with Crippen molar-refractivity contribution in [3.05, 3.63) is 96.2 Å². The van der Waals surface area contributed by atoms with Gasteiger partial charge in [0.25, 0.3) is 15.9 Å². The number of carbonyl (C=O) groups excluding carboxylic acids is 2. The van der Waals surface area contributed by atoms with E-state index in [0.717, 1.165) is 10.9 Å². The van der Waals surface area contributed by atoms with Crippen LogP contribution in [0, 0.1) is 6.92 Å². The molecular weight excluding hydrogens is 502 g/mol. The van der Waals surface area contributed by atoms with E-state index >= 15 is 0 Å². The van der Waals surface area contributed by atoms with Crippen molar-refractivity contribution in [2.45, 2.75) is 18.7 Å². The fourth-order valence-corrected chi connectivity index (χ4v) is 5.79. The van der Waals surface area contributed by atoms with E-state index in [1.165, 1.54) is 24.7 Å². The van der Waals surface area contributed by atoms with Crippen LogP contribution in [0.15, 0.2) is 90.0 Å². The van der Waals surface area contributed by atoms with E-state index in [1.807, 2.05) is 19.1 Å². The zero-order chi connectivity index (χ0) is 27.0. The smallest absolute Gasteiger partial charge is 0.262 e. The molecule has 5 aromatic rings. The number of benzene rings is 4. The highest BCUT2D eigenvalue weighted by Gasteiger charge is 2.22. The summed E-state index contributed by atoms with van der Waals surface area (Å²) in [4.78, 5) is 25.0. The normalized spacial score (nSPS) is 11.4. The maximum atomic E-state index is 13.6. The molecule has 0 saturated carbocycles. The summed E-state index contributed by atoms with van der Waals surface area (Å²) >= 11 is 0. The number of nitrogens with one attached hydrogen (secondary N) is 2. The molecule has 0 saturated heterocycles. The number of carbonyl (C=O) groups is 2. The maximum Gasteiger partial charge on any atom is 0.262 e. The summed E-state index contributed by atoms with van der Waals surface area (Å²) < 4.78 is 36.8. The molecule has 0 aliphatic rings. The summed E-state index contributed by atoms with van der Waals surface area (Å²) in [5, 5.41) is 4.66. The van der Waals surface area contributed by atoms with Gasteiger partial charge in [-0.3, -0.25) is 18.9 Å². The summed E-state index contributed by atoms with van der Waals surface area (Å²) in [7, 11) is -2.65. The predicted octanol–water partition coefficient (Wildman–Crippen LogP) is 5.82. The topological polar surface area (TPSA) is 106 Å².